The van der Waals surface area contributed by atoms with Gasteiger partial charge in [-0.2, -0.15) is 0 Å². The van der Waals surface area contributed by atoms with Gasteiger partial charge in [0.2, 0.25) is 0 Å². The fraction of sp³-hybridized carbons (Fsp3) is 0.0526. The van der Waals surface area contributed by atoms with Gasteiger partial charge in [0.15, 0.2) is 17.9 Å². The molecular formula is C19H14N4O5. The van der Waals surface area contributed by atoms with Crippen molar-refractivity contribution in [2.75, 3.05) is 12.4 Å². The zero-order chi connectivity index (χ0) is 19.5. The number of nitrogens with zero attached hydrogens (tertiary/aromatic N) is 3. The van der Waals surface area contributed by atoms with Gasteiger partial charge in [-0.1, -0.05) is 12.1 Å². The quantitative estimate of drug-likeness (QED) is 0.380. The van der Waals surface area contributed by atoms with Gasteiger partial charge in [0.25, 0.3) is 11.7 Å². The second-order valence-electron chi connectivity index (χ2n) is 5.74. The molecule has 0 aliphatic carbocycles. The third kappa shape index (κ3) is 3.40. The van der Waals surface area contributed by atoms with Gasteiger partial charge in [-0.3, -0.25) is 10.1 Å². The predicted octanol–water partition coefficient (Wildman–Crippen LogP) is 4.66. The van der Waals surface area contributed by atoms with Crippen LogP contribution in [0.5, 0.6) is 5.75 Å². The highest BCUT2D eigenvalue weighted by Crippen LogP contribution is 2.33. The average Bonchev–Trinajstić information content (AvgIpc) is 3.40. The Morgan fingerprint density at radius 1 is 1.14 bits per heavy atom. The number of rotatable bonds is 6. The highest BCUT2D eigenvalue weighted by molar-refractivity contribution is 5.71. The van der Waals surface area contributed by atoms with Crippen molar-refractivity contribution in [3.05, 3.63) is 71.4 Å². The molecule has 0 spiro atoms. The van der Waals surface area contributed by atoms with Gasteiger partial charge in [0.05, 0.1) is 30.0 Å². The van der Waals surface area contributed by atoms with Crippen molar-refractivity contribution >= 4 is 17.4 Å². The molecule has 0 amide bonds. The summed E-state index contributed by atoms with van der Waals surface area (Å²) in [5.74, 6) is 1.59. The molecular weight excluding hydrogens is 364 g/mol. The SMILES string of the molecule is COc1cc(Nc2ncc(-c3cccc([N+](=O)[O-])c3)o2)ccc1-c1cnco1. The number of hydrogen-bond donors (Lipinski definition) is 1. The van der Waals surface area contributed by atoms with Crippen LogP contribution in [0.3, 0.4) is 0 Å². The summed E-state index contributed by atoms with van der Waals surface area (Å²) in [5.41, 5.74) is 1.99. The van der Waals surface area contributed by atoms with Gasteiger partial charge >= 0.3 is 0 Å². The summed E-state index contributed by atoms with van der Waals surface area (Å²) in [6.07, 6.45) is 4.45. The van der Waals surface area contributed by atoms with E-state index in [4.69, 9.17) is 13.6 Å². The molecule has 0 fully saturated rings. The third-order valence-electron chi connectivity index (χ3n) is 4.00. The maximum Gasteiger partial charge on any atom is 0.299 e. The van der Waals surface area contributed by atoms with E-state index in [1.807, 2.05) is 12.1 Å². The molecule has 0 saturated carbocycles. The third-order valence-corrected chi connectivity index (χ3v) is 4.00. The standard InChI is InChI=1S/C19H14N4O5/c1-26-16-8-13(5-6-15(16)18-9-20-11-27-18)22-19-21-10-17(28-19)12-3-2-4-14(7-12)23(24)25/h2-11H,1H3,(H,21,22). The number of nitro groups is 1. The summed E-state index contributed by atoms with van der Waals surface area (Å²) in [4.78, 5) is 18.6. The van der Waals surface area contributed by atoms with Crippen LogP contribution in [0, 0.1) is 10.1 Å². The van der Waals surface area contributed by atoms with Gasteiger partial charge in [-0.25, -0.2) is 9.97 Å². The Bertz CT molecular complexity index is 1120. The molecule has 4 rings (SSSR count). The largest absolute Gasteiger partial charge is 0.496 e. The van der Waals surface area contributed by atoms with Gasteiger partial charge in [0.1, 0.15) is 5.75 Å². The molecule has 28 heavy (non-hydrogen) atoms. The Kier molecular flexibility index (Phi) is 4.47. The topological polar surface area (TPSA) is 116 Å². The highest BCUT2D eigenvalue weighted by Gasteiger charge is 2.13. The number of oxazole rings is 2. The number of nitrogens with one attached hydrogen (secondary N) is 1. The van der Waals surface area contributed by atoms with E-state index in [0.29, 0.717) is 28.5 Å². The van der Waals surface area contributed by atoms with E-state index < -0.39 is 4.92 Å². The molecule has 4 aromatic rings. The van der Waals surface area contributed by atoms with Crippen molar-refractivity contribution in [2.45, 2.75) is 0 Å². The Hall–Kier alpha value is -4.14. The van der Waals surface area contributed by atoms with Crippen LogP contribution < -0.4 is 10.1 Å². The van der Waals surface area contributed by atoms with E-state index in [1.54, 1.807) is 31.5 Å². The number of non-ortho nitro benzene ring substituents is 1. The van der Waals surface area contributed by atoms with Crippen molar-refractivity contribution in [3.8, 4) is 28.4 Å². The molecule has 0 aliphatic heterocycles. The lowest BCUT2D eigenvalue weighted by Gasteiger charge is -2.09. The van der Waals surface area contributed by atoms with Crippen LogP contribution in [-0.2, 0) is 0 Å². The van der Waals surface area contributed by atoms with E-state index in [1.165, 1.54) is 24.7 Å². The summed E-state index contributed by atoms with van der Waals surface area (Å²) in [7, 11) is 1.56. The molecule has 0 bridgehead atoms. The fourth-order valence-corrected chi connectivity index (χ4v) is 2.68. The van der Waals surface area contributed by atoms with Crippen molar-refractivity contribution < 1.29 is 18.5 Å². The second-order valence-corrected chi connectivity index (χ2v) is 5.74. The molecule has 0 radical (unpaired) electrons. The first kappa shape index (κ1) is 17.3. The Balaban J connectivity index is 1.57. The second kappa shape index (κ2) is 7.23. The first-order valence-electron chi connectivity index (χ1n) is 8.18. The summed E-state index contributed by atoms with van der Waals surface area (Å²) >= 11 is 0. The molecule has 1 N–H and O–H groups in total. The Morgan fingerprint density at radius 3 is 2.79 bits per heavy atom. The highest BCUT2D eigenvalue weighted by atomic mass is 16.6. The minimum Gasteiger partial charge on any atom is -0.496 e. The van der Waals surface area contributed by atoms with Crippen molar-refractivity contribution in [1.29, 1.82) is 0 Å². The van der Waals surface area contributed by atoms with E-state index in [2.05, 4.69) is 15.3 Å². The van der Waals surface area contributed by atoms with E-state index >= 15 is 0 Å². The molecule has 0 atom stereocenters. The Morgan fingerprint density at radius 2 is 2.04 bits per heavy atom. The molecule has 2 aromatic heterocycles. The average molecular weight is 378 g/mol. The van der Waals surface area contributed by atoms with Crippen LogP contribution in [-0.4, -0.2) is 22.0 Å². The fourth-order valence-electron chi connectivity index (χ4n) is 2.68. The van der Waals surface area contributed by atoms with Crippen LogP contribution in [0.2, 0.25) is 0 Å². The van der Waals surface area contributed by atoms with E-state index in [0.717, 1.165) is 5.56 Å². The zero-order valence-electron chi connectivity index (χ0n) is 14.7. The summed E-state index contributed by atoms with van der Waals surface area (Å²) in [6.45, 7) is 0. The lowest BCUT2D eigenvalue weighted by molar-refractivity contribution is -0.384. The van der Waals surface area contributed by atoms with E-state index in [-0.39, 0.29) is 11.7 Å². The van der Waals surface area contributed by atoms with Crippen LogP contribution in [0.15, 0.2) is 70.1 Å². The van der Waals surface area contributed by atoms with Crippen LogP contribution in [0.1, 0.15) is 0 Å². The Labute approximate surface area is 158 Å². The van der Waals surface area contributed by atoms with Crippen molar-refractivity contribution in [1.82, 2.24) is 9.97 Å². The molecule has 0 aliphatic rings. The van der Waals surface area contributed by atoms with Gasteiger partial charge in [-0.05, 0) is 12.1 Å². The number of aromatic nitrogens is 2. The number of anilines is 2. The van der Waals surface area contributed by atoms with Crippen LogP contribution in [0.25, 0.3) is 22.6 Å². The molecule has 2 aromatic carbocycles. The number of hydrogen-bond acceptors (Lipinski definition) is 8. The number of methoxy groups -OCH3 is 1. The van der Waals surface area contributed by atoms with Crippen molar-refractivity contribution in [3.63, 3.8) is 0 Å². The van der Waals surface area contributed by atoms with E-state index in [9.17, 15) is 10.1 Å². The predicted molar refractivity (Wildman–Crippen MR) is 100 cm³/mol. The minimum absolute atomic E-state index is 0.0175. The summed E-state index contributed by atoms with van der Waals surface area (Å²) < 4.78 is 16.4. The number of benzene rings is 2. The molecule has 0 saturated heterocycles. The normalized spacial score (nSPS) is 10.6. The molecule has 9 nitrogen and oxygen atoms in total. The van der Waals surface area contributed by atoms with Gasteiger partial charge in [0, 0.05) is 29.4 Å². The molecule has 2 heterocycles. The summed E-state index contributed by atoms with van der Waals surface area (Å²) in [6, 6.07) is 11.8. The first-order valence-corrected chi connectivity index (χ1v) is 8.18. The van der Waals surface area contributed by atoms with Crippen LogP contribution >= 0.6 is 0 Å². The number of ether oxygens (including phenoxy) is 1. The smallest absolute Gasteiger partial charge is 0.299 e. The minimum atomic E-state index is -0.457. The van der Waals surface area contributed by atoms with Gasteiger partial charge in [-0.15, -0.1) is 0 Å². The zero-order valence-corrected chi connectivity index (χ0v) is 14.7. The van der Waals surface area contributed by atoms with Crippen LogP contribution in [0.4, 0.5) is 17.4 Å². The lowest BCUT2D eigenvalue weighted by Crippen LogP contribution is -1.93. The maximum absolute atomic E-state index is 10.9. The lowest BCUT2D eigenvalue weighted by atomic mass is 10.1. The molecule has 9 heteroatoms. The molecule has 140 valence electrons. The summed E-state index contributed by atoms with van der Waals surface area (Å²) in [5, 5.41) is 14.0. The maximum atomic E-state index is 10.9. The van der Waals surface area contributed by atoms with Crippen molar-refractivity contribution in [2.24, 2.45) is 0 Å². The monoisotopic (exact) mass is 378 g/mol. The molecule has 0 unspecified atom stereocenters. The van der Waals surface area contributed by atoms with Gasteiger partial charge < -0.3 is 18.9 Å². The number of nitro benzene ring substituents is 1. The first-order chi connectivity index (χ1) is 13.6.